The number of hydrogen-bond acceptors (Lipinski definition) is 0. The summed E-state index contributed by atoms with van der Waals surface area (Å²) < 4.78 is 0. The van der Waals surface area contributed by atoms with E-state index in [2.05, 4.69) is 28.1 Å². The van der Waals surface area contributed by atoms with Crippen LogP contribution >= 0.6 is 27.5 Å². The molecule has 0 bridgehead atoms. The number of rotatable bonds is 3. The maximum absolute atomic E-state index is 5.91. The predicted molar refractivity (Wildman–Crippen MR) is 60.6 cm³/mol. The fraction of sp³-hybridized carbons (Fsp3) is 0.455. The average molecular weight is 260 g/mol. The summed E-state index contributed by atoms with van der Waals surface area (Å²) in [5, 5.41) is 0.841. The molecule has 0 spiro atoms. The number of hydrogen-bond donors (Lipinski definition) is 0. The standard InChI is InChI=1S/C11H12BrCl/c12-11(9-4-5-9)7-8-2-1-3-10(13)6-8/h1-3,6,9,11H,4-5,7H2. The molecule has 1 fully saturated rings. The fourth-order valence-corrected chi connectivity index (χ4v) is 2.63. The largest absolute Gasteiger partial charge is 0.0884 e. The zero-order valence-electron chi connectivity index (χ0n) is 7.34. The summed E-state index contributed by atoms with van der Waals surface area (Å²) in [5.41, 5.74) is 1.33. The first-order chi connectivity index (χ1) is 6.25. The molecule has 2 rings (SSSR count). The van der Waals surface area contributed by atoms with E-state index in [0.29, 0.717) is 4.83 Å². The second-order valence-electron chi connectivity index (χ2n) is 3.69. The summed E-state index contributed by atoms with van der Waals surface area (Å²) in [6.07, 6.45) is 3.87. The highest BCUT2D eigenvalue weighted by Crippen LogP contribution is 2.38. The molecule has 1 aliphatic carbocycles. The summed E-state index contributed by atoms with van der Waals surface area (Å²) in [4.78, 5) is 0.644. The summed E-state index contributed by atoms with van der Waals surface area (Å²) in [6, 6.07) is 8.14. The van der Waals surface area contributed by atoms with Crippen molar-refractivity contribution in [2.24, 2.45) is 5.92 Å². The van der Waals surface area contributed by atoms with Crippen LogP contribution in [0.5, 0.6) is 0 Å². The minimum absolute atomic E-state index is 0.644. The highest BCUT2D eigenvalue weighted by Gasteiger charge is 2.29. The van der Waals surface area contributed by atoms with Crippen molar-refractivity contribution in [2.45, 2.75) is 24.1 Å². The number of benzene rings is 1. The van der Waals surface area contributed by atoms with Crippen LogP contribution in [0.1, 0.15) is 18.4 Å². The van der Waals surface area contributed by atoms with Gasteiger partial charge in [0.25, 0.3) is 0 Å². The monoisotopic (exact) mass is 258 g/mol. The van der Waals surface area contributed by atoms with E-state index in [4.69, 9.17) is 11.6 Å². The lowest BCUT2D eigenvalue weighted by Crippen LogP contribution is -2.04. The smallest absolute Gasteiger partial charge is 0.0408 e. The SMILES string of the molecule is Clc1cccc(CC(Br)C2CC2)c1. The van der Waals surface area contributed by atoms with Crippen LogP contribution < -0.4 is 0 Å². The molecular formula is C11H12BrCl. The Morgan fingerprint density at radius 2 is 2.23 bits per heavy atom. The third-order valence-corrected chi connectivity index (χ3v) is 3.76. The Balaban J connectivity index is 2.00. The molecule has 1 unspecified atom stereocenters. The molecule has 1 aromatic carbocycles. The van der Waals surface area contributed by atoms with Gasteiger partial charge in [-0.05, 0) is 42.9 Å². The van der Waals surface area contributed by atoms with Crippen LogP contribution in [-0.4, -0.2) is 4.83 Å². The van der Waals surface area contributed by atoms with Crippen LogP contribution in [0.4, 0.5) is 0 Å². The van der Waals surface area contributed by atoms with Crippen LogP contribution in [0, 0.1) is 5.92 Å². The van der Waals surface area contributed by atoms with Gasteiger partial charge in [0.05, 0.1) is 0 Å². The third kappa shape index (κ3) is 2.72. The van der Waals surface area contributed by atoms with Crippen molar-refractivity contribution < 1.29 is 0 Å². The molecule has 70 valence electrons. The normalized spacial score (nSPS) is 18.6. The van der Waals surface area contributed by atoms with Crippen molar-refractivity contribution in [3.8, 4) is 0 Å². The van der Waals surface area contributed by atoms with Crippen molar-refractivity contribution in [2.75, 3.05) is 0 Å². The van der Waals surface area contributed by atoms with Gasteiger partial charge >= 0.3 is 0 Å². The highest BCUT2D eigenvalue weighted by molar-refractivity contribution is 9.09. The van der Waals surface area contributed by atoms with E-state index in [1.807, 2.05) is 12.1 Å². The Hall–Kier alpha value is -0.0100. The van der Waals surface area contributed by atoms with Crippen LogP contribution in [-0.2, 0) is 6.42 Å². The first-order valence-corrected chi connectivity index (χ1v) is 5.93. The van der Waals surface area contributed by atoms with Gasteiger partial charge in [0, 0.05) is 9.85 Å². The highest BCUT2D eigenvalue weighted by atomic mass is 79.9. The molecule has 0 aromatic heterocycles. The third-order valence-electron chi connectivity index (χ3n) is 2.45. The fourth-order valence-electron chi connectivity index (χ4n) is 1.51. The lowest BCUT2D eigenvalue weighted by Gasteiger charge is -2.07. The van der Waals surface area contributed by atoms with Crippen LogP contribution in [0.15, 0.2) is 24.3 Å². The minimum atomic E-state index is 0.644. The van der Waals surface area contributed by atoms with Crippen LogP contribution in [0.2, 0.25) is 5.02 Å². The maximum Gasteiger partial charge on any atom is 0.0408 e. The van der Waals surface area contributed by atoms with Gasteiger partial charge in [-0.2, -0.15) is 0 Å². The first kappa shape index (κ1) is 9.54. The van der Waals surface area contributed by atoms with Crippen LogP contribution in [0.3, 0.4) is 0 Å². The molecule has 0 aliphatic heterocycles. The first-order valence-electron chi connectivity index (χ1n) is 4.64. The van der Waals surface area contributed by atoms with Gasteiger partial charge in [0.2, 0.25) is 0 Å². The van der Waals surface area contributed by atoms with E-state index < -0.39 is 0 Å². The average Bonchev–Trinajstić information content (AvgIpc) is 2.85. The van der Waals surface area contributed by atoms with Crippen LogP contribution in [0.25, 0.3) is 0 Å². The minimum Gasteiger partial charge on any atom is -0.0884 e. The summed E-state index contributed by atoms with van der Waals surface area (Å²) in [5.74, 6) is 0.902. The molecule has 1 aromatic rings. The molecule has 1 atom stereocenters. The van der Waals surface area contributed by atoms with Gasteiger partial charge < -0.3 is 0 Å². The Kier molecular flexibility index (Phi) is 2.95. The van der Waals surface area contributed by atoms with E-state index in [9.17, 15) is 0 Å². The van der Waals surface area contributed by atoms with Crippen molar-refractivity contribution in [1.82, 2.24) is 0 Å². The zero-order chi connectivity index (χ0) is 9.26. The molecule has 0 nitrogen and oxygen atoms in total. The van der Waals surface area contributed by atoms with Crippen molar-refractivity contribution in [3.63, 3.8) is 0 Å². The zero-order valence-corrected chi connectivity index (χ0v) is 9.68. The quantitative estimate of drug-likeness (QED) is 0.718. The summed E-state index contributed by atoms with van der Waals surface area (Å²) in [7, 11) is 0. The molecule has 0 N–H and O–H groups in total. The van der Waals surface area contributed by atoms with Crippen molar-refractivity contribution >= 4 is 27.5 Å². The van der Waals surface area contributed by atoms with Gasteiger partial charge in [-0.15, -0.1) is 0 Å². The predicted octanol–water partition coefficient (Wildman–Crippen LogP) is 4.06. The van der Waals surface area contributed by atoms with E-state index in [1.54, 1.807) is 0 Å². The Labute approximate surface area is 92.4 Å². The van der Waals surface area contributed by atoms with Gasteiger partial charge in [0.15, 0.2) is 0 Å². The number of halogens is 2. The second kappa shape index (κ2) is 4.02. The van der Waals surface area contributed by atoms with E-state index in [1.165, 1.54) is 18.4 Å². The van der Waals surface area contributed by atoms with E-state index in [0.717, 1.165) is 17.4 Å². The van der Waals surface area contributed by atoms with Crippen molar-refractivity contribution in [3.05, 3.63) is 34.9 Å². The summed E-state index contributed by atoms with van der Waals surface area (Å²) >= 11 is 9.63. The maximum atomic E-state index is 5.91. The van der Waals surface area contributed by atoms with E-state index in [-0.39, 0.29) is 0 Å². The molecule has 0 amide bonds. The summed E-state index contributed by atoms with van der Waals surface area (Å²) in [6.45, 7) is 0. The molecule has 1 saturated carbocycles. The topological polar surface area (TPSA) is 0 Å². The molecule has 0 heterocycles. The Morgan fingerprint density at radius 3 is 2.85 bits per heavy atom. The van der Waals surface area contributed by atoms with Gasteiger partial charge in [-0.25, -0.2) is 0 Å². The number of alkyl halides is 1. The van der Waals surface area contributed by atoms with E-state index >= 15 is 0 Å². The Bertz CT molecular complexity index is 294. The van der Waals surface area contributed by atoms with Gasteiger partial charge in [-0.1, -0.05) is 39.7 Å². The van der Waals surface area contributed by atoms with Gasteiger partial charge in [-0.3, -0.25) is 0 Å². The lowest BCUT2D eigenvalue weighted by molar-refractivity contribution is 0.761. The molecular weight excluding hydrogens is 247 g/mol. The lowest BCUT2D eigenvalue weighted by atomic mass is 10.1. The molecule has 1 aliphatic rings. The van der Waals surface area contributed by atoms with Crippen molar-refractivity contribution in [1.29, 1.82) is 0 Å². The molecule has 0 saturated heterocycles. The van der Waals surface area contributed by atoms with Gasteiger partial charge in [0.1, 0.15) is 0 Å². The Morgan fingerprint density at radius 1 is 1.46 bits per heavy atom. The molecule has 2 heteroatoms. The second-order valence-corrected chi connectivity index (χ2v) is 5.30. The molecule has 13 heavy (non-hydrogen) atoms. The molecule has 0 radical (unpaired) electrons.